The predicted molar refractivity (Wildman–Crippen MR) is 82.9 cm³/mol. The molecular weight excluding hydrogens is 322 g/mol. The third kappa shape index (κ3) is 2.45. The number of hydrogen-bond donors (Lipinski definition) is 1. The smallest absolute Gasteiger partial charge is 0.243 e. The summed E-state index contributed by atoms with van der Waals surface area (Å²) in [6.07, 6.45) is 1.46. The summed E-state index contributed by atoms with van der Waals surface area (Å²) < 4.78 is 5.69. The highest BCUT2D eigenvalue weighted by Crippen LogP contribution is 2.48. The molecule has 4 unspecified atom stereocenters. The Hall–Kier alpha value is -1.18. The molecule has 0 saturated carbocycles. The van der Waals surface area contributed by atoms with Gasteiger partial charge in [-0.25, -0.2) is 0 Å². The first-order valence-electron chi connectivity index (χ1n) is 8.09. The number of nitrogens with one attached hydrogen (secondary N) is 1. The first-order valence-corrected chi connectivity index (χ1v) is 8.09. The average Bonchev–Trinajstić information content (AvgIpc) is 3.17. The van der Waals surface area contributed by atoms with Gasteiger partial charge in [0, 0.05) is 25.7 Å². The number of carbonyl (C=O) groups is 3. The lowest BCUT2D eigenvalue weighted by Gasteiger charge is -2.34. The Kier molecular flexibility index (Phi) is 4.37. The number of nitrogens with zero attached hydrogens (tertiary/aromatic N) is 2. The zero-order valence-electron chi connectivity index (χ0n) is 13.1. The van der Waals surface area contributed by atoms with Gasteiger partial charge in [0.2, 0.25) is 17.7 Å². The topological polar surface area (TPSA) is 79.0 Å². The number of likely N-dealkylation sites (tertiary alicyclic amines) is 1. The summed E-state index contributed by atoms with van der Waals surface area (Å²) in [7, 11) is 0. The van der Waals surface area contributed by atoms with Gasteiger partial charge in [-0.3, -0.25) is 19.3 Å². The van der Waals surface area contributed by atoms with Gasteiger partial charge < -0.3 is 15.0 Å². The standard InChI is InChI=1S/C15H21N3O4.ClH/c1-8-6-16-4-5-17(8)11(19)7-18-14(20)12-9-2-3-10(22-9)13(12)15(18)21;/h8-10,12-13,16H,2-7H2,1H3;1H/t8-,9?,10?,12?,13?;/m1./s1. The molecule has 4 rings (SSSR count). The van der Waals surface area contributed by atoms with E-state index in [1.807, 2.05) is 6.92 Å². The molecule has 0 aromatic heterocycles. The summed E-state index contributed by atoms with van der Waals surface area (Å²) >= 11 is 0. The molecule has 0 aromatic rings. The van der Waals surface area contributed by atoms with Crippen molar-refractivity contribution >= 4 is 30.1 Å². The number of rotatable bonds is 2. The molecule has 0 aliphatic carbocycles. The van der Waals surface area contributed by atoms with Crippen LogP contribution in [0, 0.1) is 11.8 Å². The number of fused-ring (bicyclic) bond motifs is 5. The van der Waals surface area contributed by atoms with Crippen molar-refractivity contribution in [2.45, 2.75) is 38.0 Å². The van der Waals surface area contributed by atoms with Crippen LogP contribution in [0.15, 0.2) is 0 Å². The van der Waals surface area contributed by atoms with Crippen molar-refractivity contribution in [3.8, 4) is 0 Å². The molecule has 4 saturated heterocycles. The molecular formula is C15H22ClN3O4. The van der Waals surface area contributed by atoms with Crippen molar-refractivity contribution < 1.29 is 19.1 Å². The van der Waals surface area contributed by atoms with E-state index in [1.165, 1.54) is 4.90 Å². The molecule has 1 N–H and O–H groups in total. The molecule has 128 valence electrons. The van der Waals surface area contributed by atoms with Crippen LogP contribution in [0.5, 0.6) is 0 Å². The van der Waals surface area contributed by atoms with Gasteiger partial charge in [-0.15, -0.1) is 12.4 Å². The van der Waals surface area contributed by atoms with Gasteiger partial charge in [0.05, 0.1) is 24.0 Å². The van der Waals surface area contributed by atoms with Crippen LogP contribution in [0.1, 0.15) is 19.8 Å². The highest BCUT2D eigenvalue weighted by molar-refractivity contribution is 6.08. The zero-order valence-corrected chi connectivity index (χ0v) is 13.9. The summed E-state index contributed by atoms with van der Waals surface area (Å²) in [5.41, 5.74) is 0. The Balaban J connectivity index is 0.00000156. The number of imide groups is 1. The Labute approximate surface area is 141 Å². The third-order valence-electron chi connectivity index (χ3n) is 5.49. The lowest BCUT2D eigenvalue weighted by atomic mass is 9.81. The first kappa shape index (κ1) is 16.7. The molecule has 4 heterocycles. The van der Waals surface area contributed by atoms with E-state index in [0.717, 1.165) is 25.9 Å². The van der Waals surface area contributed by atoms with Crippen LogP contribution in [-0.4, -0.2) is 72.0 Å². The summed E-state index contributed by atoms with van der Waals surface area (Å²) in [6.45, 7) is 3.98. The van der Waals surface area contributed by atoms with E-state index in [9.17, 15) is 14.4 Å². The fourth-order valence-electron chi connectivity index (χ4n) is 4.37. The van der Waals surface area contributed by atoms with E-state index in [1.54, 1.807) is 4.90 Å². The summed E-state index contributed by atoms with van der Waals surface area (Å²) in [4.78, 5) is 40.5. The average molecular weight is 344 g/mol. The quantitative estimate of drug-likeness (QED) is 0.677. The molecule has 0 radical (unpaired) electrons. The van der Waals surface area contributed by atoms with E-state index in [4.69, 9.17) is 4.74 Å². The van der Waals surface area contributed by atoms with Crippen LogP contribution in [0.4, 0.5) is 0 Å². The molecule has 4 fully saturated rings. The summed E-state index contributed by atoms with van der Waals surface area (Å²) in [6, 6.07) is 0.0908. The van der Waals surface area contributed by atoms with Gasteiger partial charge in [-0.2, -0.15) is 0 Å². The fourth-order valence-corrected chi connectivity index (χ4v) is 4.37. The molecule has 3 amide bonds. The molecule has 0 aromatic carbocycles. The minimum absolute atomic E-state index is 0. The number of hydrogen-bond acceptors (Lipinski definition) is 5. The van der Waals surface area contributed by atoms with Crippen molar-refractivity contribution in [1.82, 2.24) is 15.1 Å². The monoisotopic (exact) mass is 343 g/mol. The van der Waals surface area contributed by atoms with Crippen LogP contribution < -0.4 is 5.32 Å². The second kappa shape index (κ2) is 6.03. The van der Waals surface area contributed by atoms with Gasteiger partial charge >= 0.3 is 0 Å². The van der Waals surface area contributed by atoms with Crippen LogP contribution >= 0.6 is 12.4 Å². The van der Waals surface area contributed by atoms with Crippen molar-refractivity contribution in [2.75, 3.05) is 26.2 Å². The Bertz CT molecular complexity index is 515. The number of halogens is 1. The van der Waals surface area contributed by atoms with Crippen LogP contribution in [0.3, 0.4) is 0 Å². The van der Waals surface area contributed by atoms with Crippen LogP contribution in [0.2, 0.25) is 0 Å². The minimum Gasteiger partial charge on any atom is -0.373 e. The van der Waals surface area contributed by atoms with Gasteiger partial charge in [-0.1, -0.05) is 0 Å². The van der Waals surface area contributed by atoms with Gasteiger partial charge in [0.1, 0.15) is 6.54 Å². The molecule has 23 heavy (non-hydrogen) atoms. The lowest BCUT2D eigenvalue weighted by Crippen LogP contribution is -2.55. The summed E-state index contributed by atoms with van der Waals surface area (Å²) in [5.74, 6) is -1.25. The van der Waals surface area contributed by atoms with Crippen LogP contribution in [-0.2, 0) is 19.1 Å². The Morgan fingerprint density at radius 2 is 1.83 bits per heavy atom. The third-order valence-corrected chi connectivity index (χ3v) is 5.49. The fraction of sp³-hybridized carbons (Fsp3) is 0.800. The maximum absolute atomic E-state index is 12.5. The Morgan fingerprint density at radius 3 is 2.39 bits per heavy atom. The zero-order chi connectivity index (χ0) is 15.4. The SMILES string of the molecule is C[C@@H]1CNCCN1C(=O)CN1C(=O)C2C3CCC(O3)C2C1=O.Cl. The molecule has 0 spiro atoms. The first-order chi connectivity index (χ1) is 10.6. The van der Waals surface area contributed by atoms with Crippen molar-refractivity contribution in [3.63, 3.8) is 0 Å². The van der Waals surface area contributed by atoms with E-state index < -0.39 is 0 Å². The van der Waals surface area contributed by atoms with Gasteiger partial charge in [0.25, 0.3) is 0 Å². The molecule has 8 heteroatoms. The van der Waals surface area contributed by atoms with E-state index in [-0.39, 0.29) is 66.8 Å². The number of amides is 3. The van der Waals surface area contributed by atoms with Crippen molar-refractivity contribution in [2.24, 2.45) is 11.8 Å². The van der Waals surface area contributed by atoms with Crippen molar-refractivity contribution in [1.29, 1.82) is 0 Å². The maximum Gasteiger partial charge on any atom is 0.243 e. The molecule has 4 aliphatic heterocycles. The molecule has 4 aliphatic rings. The van der Waals surface area contributed by atoms with Crippen molar-refractivity contribution in [3.05, 3.63) is 0 Å². The highest BCUT2D eigenvalue weighted by atomic mass is 35.5. The lowest BCUT2D eigenvalue weighted by molar-refractivity contribution is -0.149. The van der Waals surface area contributed by atoms with E-state index >= 15 is 0 Å². The van der Waals surface area contributed by atoms with E-state index in [0.29, 0.717) is 6.54 Å². The predicted octanol–water partition coefficient (Wildman–Crippen LogP) is -0.609. The minimum atomic E-state index is -0.348. The molecule has 2 bridgehead atoms. The van der Waals surface area contributed by atoms with Gasteiger partial charge in [-0.05, 0) is 19.8 Å². The number of carbonyl (C=O) groups excluding carboxylic acids is 3. The number of piperazine rings is 1. The molecule has 7 nitrogen and oxygen atoms in total. The largest absolute Gasteiger partial charge is 0.373 e. The molecule has 5 atom stereocenters. The normalized spacial score (nSPS) is 38.7. The maximum atomic E-state index is 12.5. The van der Waals surface area contributed by atoms with Crippen LogP contribution in [0.25, 0.3) is 0 Å². The second-order valence-electron chi connectivity index (χ2n) is 6.74. The highest BCUT2D eigenvalue weighted by Gasteiger charge is 2.62. The Morgan fingerprint density at radius 1 is 1.22 bits per heavy atom. The second-order valence-corrected chi connectivity index (χ2v) is 6.74. The van der Waals surface area contributed by atoms with E-state index in [2.05, 4.69) is 5.32 Å². The van der Waals surface area contributed by atoms with Gasteiger partial charge in [0.15, 0.2) is 0 Å². The number of ether oxygens (including phenoxy) is 1. The summed E-state index contributed by atoms with van der Waals surface area (Å²) in [5, 5.41) is 3.22.